The van der Waals surface area contributed by atoms with Gasteiger partial charge in [0.05, 0.1) is 23.7 Å². The number of rotatable bonds is 13. The van der Waals surface area contributed by atoms with Crippen LogP contribution in [0.15, 0.2) is 83.8 Å². The van der Waals surface area contributed by atoms with E-state index in [-0.39, 0.29) is 30.0 Å². The van der Waals surface area contributed by atoms with Gasteiger partial charge in [0.1, 0.15) is 11.6 Å². The molecule has 0 aliphatic rings. The van der Waals surface area contributed by atoms with Crippen molar-refractivity contribution in [2.75, 3.05) is 11.3 Å². The van der Waals surface area contributed by atoms with Crippen LogP contribution in [0.5, 0.6) is 5.75 Å². The summed E-state index contributed by atoms with van der Waals surface area (Å²) in [5.41, 5.74) is 1.91. The van der Waals surface area contributed by atoms with Crippen molar-refractivity contribution < 1.29 is 32.2 Å². The lowest BCUT2D eigenvalue weighted by atomic mass is 10.1. The van der Waals surface area contributed by atoms with Crippen LogP contribution in [0.2, 0.25) is 0 Å². The Morgan fingerprint density at radius 3 is 2.53 bits per heavy atom. The number of benzene rings is 3. The topological polar surface area (TPSA) is 102 Å². The second-order valence-electron chi connectivity index (χ2n) is 8.89. The summed E-state index contributed by atoms with van der Waals surface area (Å²) in [6.07, 6.45) is 3.42. The molecule has 0 spiro atoms. The summed E-state index contributed by atoms with van der Waals surface area (Å²) in [6, 6.07) is 18.7. The third-order valence-electron chi connectivity index (χ3n) is 5.38. The molecule has 0 aromatic heterocycles. The van der Waals surface area contributed by atoms with Crippen molar-refractivity contribution in [2.45, 2.75) is 50.2 Å². The van der Waals surface area contributed by atoms with Crippen molar-refractivity contribution in [3.63, 3.8) is 0 Å². The van der Waals surface area contributed by atoms with Crippen LogP contribution in [0.25, 0.3) is 6.08 Å². The first-order valence-electron chi connectivity index (χ1n) is 12.3. The molecule has 0 amide bonds. The summed E-state index contributed by atoms with van der Waals surface area (Å²) < 4.78 is 51.7. The fourth-order valence-corrected chi connectivity index (χ4v) is 4.60. The molecule has 1 atom stereocenters. The highest BCUT2D eigenvalue weighted by molar-refractivity contribution is 7.92. The van der Waals surface area contributed by atoms with Crippen molar-refractivity contribution >= 4 is 27.8 Å². The minimum absolute atomic E-state index is 0.0488. The maximum atomic E-state index is 13.1. The highest BCUT2D eigenvalue weighted by Gasteiger charge is 2.14. The first-order valence-corrected chi connectivity index (χ1v) is 13.8. The van der Waals surface area contributed by atoms with E-state index < -0.39 is 21.9 Å². The van der Waals surface area contributed by atoms with Gasteiger partial charge in [-0.15, -0.1) is 0 Å². The smallest absolute Gasteiger partial charge is 0.306 e. The maximum absolute atomic E-state index is 13.1. The first kappa shape index (κ1) is 28.9. The minimum Gasteiger partial charge on any atom is -0.493 e. The molecule has 3 rings (SSSR count). The Morgan fingerprint density at radius 1 is 1.05 bits per heavy atom. The number of hydrogen-bond acceptors (Lipinski definition) is 6. The summed E-state index contributed by atoms with van der Waals surface area (Å²) in [4.78, 5) is 11.8. The highest BCUT2D eigenvalue weighted by Crippen LogP contribution is 2.21. The molecule has 0 radical (unpaired) electrons. The molecule has 0 unspecified atom stereocenters. The predicted molar refractivity (Wildman–Crippen MR) is 145 cm³/mol. The lowest BCUT2D eigenvalue weighted by molar-refractivity contribution is -0.147. The molecule has 0 heterocycles. The van der Waals surface area contributed by atoms with E-state index in [4.69, 9.17) is 9.47 Å². The lowest BCUT2D eigenvalue weighted by Gasteiger charge is -2.13. The van der Waals surface area contributed by atoms with Gasteiger partial charge in [-0.05, 0) is 73.9 Å². The summed E-state index contributed by atoms with van der Waals surface area (Å²) in [5, 5.41) is 10.4. The van der Waals surface area contributed by atoms with Crippen molar-refractivity contribution in [1.82, 2.24) is 0 Å². The molecule has 0 aliphatic heterocycles. The molecule has 202 valence electrons. The molecule has 0 saturated heterocycles. The van der Waals surface area contributed by atoms with Crippen LogP contribution in [-0.4, -0.2) is 38.3 Å². The Kier molecular flexibility index (Phi) is 10.4. The van der Waals surface area contributed by atoms with Gasteiger partial charge < -0.3 is 14.6 Å². The summed E-state index contributed by atoms with van der Waals surface area (Å²) >= 11 is 0. The van der Waals surface area contributed by atoms with Gasteiger partial charge in [0.25, 0.3) is 10.0 Å². The molecule has 7 nitrogen and oxygen atoms in total. The maximum Gasteiger partial charge on any atom is 0.306 e. The average Bonchev–Trinajstić information content (AvgIpc) is 2.87. The fraction of sp³-hybridized carbons (Fsp3) is 0.276. The molecule has 3 aromatic carbocycles. The Bertz CT molecular complexity index is 1340. The Balaban J connectivity index is 1.52. The molecular weight excluding hydrogens is 509 g/mol. The van der Waals surface area contributed by atoms with Crippen LogP contribution in [0, 0.1) is 5.82 Å². The molecule has 0 saturated carbocycles. The van der Waals surface area contributed by atoms with Crippen molar-refractivity contribution in [1.29, 1.82) is 0 Å². The highest BCUT2D eigenvalue weighted by atomic mass is 32.2. The number of nitrogens with one attached hydrogen (secondary N) is 1. The monoisotopic (exact) mass is 541 g/mol. The number of hydrogen-bond donors (Lipinski definition) is 2. The zero-order valence-corrected chi connectivity index (χ0v) is 22.2. The zero-order chi connectivity index (χ0) is 27.5. The Hall–Kier alpha value is -3.69. The summed E-state index contributed by atoms with van der Waals surface area (Å²) in [6.45, 7) is 3.88. The van der Waals surface area contributed by atoms with E-state index in [2.05, 4.69) is 4.72 Å². The second-order valence-corrected chi connectivity index (χ2v) is 10.6. The number of aliphatic hydroxyl groups excluding tert-OH is 1. The van der Waals surface area contributed by atoms with Crippen LogP contribution in [0.1, 0.15) is 37.8 Å². The first-order chi connectivity index (χ1) is 18.1. The van der Waals surface area contributed by atoms with E-state index in [1.807, 2.05) is 38.1 Å². The fourth-order valence-electron chi connectivity index (χ4n) is 3.55. The number of carbonyl (C=O) groups excluding carboxylic acids is 1. The number of anilines is 1. The van der Waals surface area contributed by atoms with Gasteiger partial charge >= 0.3 is 5.97 Å². The number of sulfonamides is 1. The molecule has 9 heteroatoms. The molecule has 0 fully saturated rings. The van der Waals surface area contributed by atoms with E-state index >= 15 is 0 Å². The number of aryl methyl sites for hydroxylation is 1. The van der Waals surface area contributed by atoms with Gasteiger partial charge in [-0.2, -0.15) is 0 Å². The quantitative estimate of drug-likeness (QED) is 0.283. The number of ether oxygens (including phenoxy) is 2. The summed E-state index contributed by atoms with van der Waals surface area (Å²) in [7, 11) is -3.87. The van der Waals surface area contributed by atoms with Crippen LogP contribution in [0.4, 0.5) is 10.1 Å². The molecule has 38 heavy (non-hydrogen) atoms. The van der Waals surface area contributed by atoms with Crippen LogP contribution in [-0.2, 0) is 26.0 Å². The molecule has 0 aliphatic carbocycles. The zero-order valence-electron chi connectivity index (χ0n) is 21.3. The minimum atomic E-state index is -3.87. The third kappa shape index (κ3) is 9.32. The van der Waals surface area contributed by atoms with Crippen molar-refractivity contribution in [3.05, 3.63) is 95.8 Å². The third-order valence-corrected chi connectivity index (χ3v) is 6.78. The van der Waals surface area contributed by atoms with Crippen LogP contribution < -0.4 is 9.46 Å². The van der Waals surface area contributed by atoms with E-state index in [1.54, 1.807) is 36.4 Å². The van der Waals surface area contributed by atoms with Gasteiger partial charge in [0.15, 0.2) is 0 Å². The van der Waals surface area contributed by atoms with Crippen molar-refractivity contribution in [2.24, 2.45) is 0 Å². The normalized spacial score (nSPS) is 12.4. The molecule has 2 N–H and O–H groups in total. The van der Waals surface area contributed by atoms with Gasteiger partial charge in [-0.25, -0.2) is 12.8 Å². The van der Waals surface area contributed by atoms with Gasteiger partial charge in [-0.3, -0.25) is 9.52 Å². The van der Waals surface area contributed by atoms with E-state index in [1.165, 1.54) is 12.1 Å². The SMILES string of the molecule is CC(C)OC(=O)CCc1ccccc1OCC[C@@H](O)/C=C/c1cccc(NS(=O)(=O)c2ccc(F)cc2)c1. The lowest BCUT2D eigenvalue weighted by Crippen LogP contribution is -2.13. The van der Waals surface area contributed by atoms with E-state index in [9.17, 15) is 22.7 Å². The van der Waals surface area contributed by atoms with Crippen LogP contribution in [0.3, 0.4) is 0 Å². The Labute approximate surface area is 223 Å². The Morgan fingerprint density at radius 2 is 1.79 bits per heavy atom. The van der Waals surface area contributed by atoms with E-state index in [0.717, 1.165) is 17.7 Å². The average molecular weight is 542 g/mol. The summed E-state index contributed by atoms with van der Waals surface area (Å²) in [5.74, 6) is -0.127. The number of halogens is 1. The standard InChI is InChI=1S/C29H32FNO6S/c1-21(2)37-29(33)17-11-23-7-3-4-9-28(23)36-19-18-26(32)14-10-22-6-5-8-25(20-22)31-38(34,35)27-15-12-24(30)13-16-27/h3-10,12-16,20-21,26,31-32H,11,17-19H2,1-2H3/b14-10+/t26-/m0/s1. The van der Waals surface area contributed by atoms with Gasteiger partial charge in [0.2, 0.25) is 0 Å². The van der Waals surface area contributed by atoms with E-state index in [0.29, 0.717) is 29.8 Å². The molecule has 3 aromatic rings. The number of aliphatic hydroxyl groups is 1. The number of para-hydroxylation sites is 1. The number of carbonyl (C=O) groups is 1. The van der Waals surface area contributed by atoms with Gasteiger partial charge in [-0.1, -0.05) is 42.5 Å². The van der Waals surface area contributed by atoms with Crippen molar-refractivity contribution in [3.8, 4) is 5.75 Å². The van der Waals surface area contributed by atoms with Gasteiger partial charge in [0, 0.05) is 18.5 Å². The van der Waals surface area contributed by atoms with Crippen LogP contribution >= 0.6 is 0 Å². The predicted octanol–water partition coefficient (Wildman–Crippen LogP) is 5.35. The molecular formula is C29H32FNO6S. The number of esters is 1. The second kappa shape index (κ2) is 13.7. The largest absolute Gasteiger partial charge is 0.493 e. The molecule has 0 bridgehead atoms.